The Hall–Kier alpha value is -4.44. The molecule has 34 heavy (non-hydrogen) atoms. The molecule has 1 atom stereocenters. The summed E-state index contributed by atoms with van der Waals surface area (Å²) < 4.78 is 22.1. The number of aryl methyl sites for hydroxylation is 2. The molecule has 1 unspecified atom stereocenters. The number of methoxy groups -OCH3 is 1. The van der Waals surface area contributed by atoms with Gasteiger partial charge in [-0.05, 0) is 48.7 Å². The molecule has 0 bridgehead atoms. The highest BCUT2D eigenvalue weighted by molar-refractivity contribution is 5.74. The Bertz CT molecular complexity index is 1290. The van der Waals surface area contributed by atoms with Gasteiger partial charge in [-0.25, -0.2) is 4.79 Å². The van der Waals surface area contributed by atoms with Crippen molar-refractivity contribution in [2.24, 2.45) is 5.73 Å². The molecular formula is C27H24N2O5. The molecule has 0 amide bonds. The topological polar surface area (TPSA) is 104 Å². The SMILES string of the molecule is COc1ccc(C2C(C#N)=C(N)Oc3cc(OC(=O)COc4c(C)cccc4C)ccc32)cc1. The second-order valence-corrected chi connectivity index (χ2v) is 7.88. The van der Waals surface area contributed by atoms with E-state index in [4.69, 9.17) is 24.7 Å². The highest BCUT2D eigenvalue weighted by Gasteiger charge is 2.31. The van der Waals surface area contributed by atoms with Crippen LogP contribution in [0.4, 0.5) is 0 Å². The zero-order chi connectivity index (χ0) is 24.2. The molecule has 0 saturated carbocycles. The van der Waals surface area contributed by atoms with E-state index in [0.717, 1.165) is 22.3 Å². The number of carbonyl (C=O) groups excluding carboxylic acids is 1. The van der Waals surface area contributed by atoms with Crippen molar-refractivity contribution in [2.45, 2.75) is 19.8 Å². The van der Waals surface area contributed by atoms with E-state index in [9.17, 15) is 10.1 Å². The Morgan fingerprint density at radius 3 is 2.38 bits per heavy atom. The highest BCUT2D eigenvalue weighted by atomic mass is 16.6. The van der Waals surface area contributed by atoms with Crippen LogP contribution in [0.15, 0.2) is 72.1 Å². The van der Waals surface area contributed by atoms with E-state index in [1.54, 1.807) is 25.3 Å². The third-order valence-corrected chi connectivity index (χ3v) is 5.61. The lowest BCUT2D eigenvalue weighted by Gasteiger charge is -2.26. The molecule has 7 nitrogen and oxygen atoms in total. The van der Waals surface area contributed by atoms with Crippen LogP contribution in [0.2, 0.25) is 0 Å². The summed E-state index contributed by atoms with van der Waals surface area (Å²) in [7, 11) is 1.59. The van der Waals surface area contributed by atoms with E-state index in [1.807, 2.05) is 56.3 Å². The van der Waals surface area contributed by atoms with Crippen molar-refractivity contribution in [1.29, 1.82) is 5.26 Å². The average Bonchev–Trinajstić information content (AvgIpc) is 2.83. The van der Waals surface area contributed by atoms with Crippen LogP contribution in [0.25, 0.3) is 0 Å². The summed E-state index contributed by atoms with van der Waals surface area (Å²) in [5, 5.41) is 9.71. The minimum atomic E-state index is -0.550. The van der Waals surface area contributed by atoms with Gasteiger partial charge in [-0.3, -0.25) is 0 Å². The predicted molar refractivity (Wildman–Crippen MR) is 126 cm³/mol. The van der Waals surface area contributed by atoms with Gasteiger partial charge in [0.25, 0.3) is 0 Å². The van der Waals surface area contributed by atoms with Gasteiger partial charge < -0.3 is 24.7 Å². The van der Waals surface area contributed by atoms with E-state index < -0.39 is 11.9 Å². The molecule has 2 N–H and O–H groups in total. The van der Waals surface area contributed by atoms with Gasteiger partial charge in [0, 0.05) is 11.6 Å². The lowest BCUT2D eigenvalue weighted by atomic mass is 9.83. The van der Waals surface area contributed by atoms with Gasteiger partial charge in [0.15, 0.2) is 6.61 Å². The summed E-state index contributed by atoms with van der Waals surface area (Å²) in [6.45, 7) is 3.60. The number of hydrogen-bond donors (Lipinski definition) is 1. The first-order valence-corrected chi connectivity index (χ1v) is 10.7. The number of ether oxygens (including phenoxy) is 4. The van der Waals surface area contributed by atoms with E-state index in [1.165, 1.54) is 0 Å². The molecule has 4 rings (SSSR count). The van der Waals surface area contributed by atoms with Gasteiger partial charge in [0.05, 0.1) is 13.0 Å². The molecule has 0 aliphatic carbocycles. The van der Waals surface area contributed by atoms with Gasteiger partial charge in [0.1, 0.15) is 34.6 Å². The zero-order valence-corrected chi connectivity index (χ0v) is 19.1. The summed E-state index contributed by atoms with van der Waals surface area (Å²) in [5.41, 5.74) is 9.85. The predicted octanol–water partition coefficient (Wildman–Crippen LogP) is 4.51. The summed E-state index contributed by atoms with van der Waals surface area (Å²) in [5.74, 6) is 1.11. The number of benzene rings is 3. The summed E-state index contributed by atoms with van der Waals surface area (Å²) in [6, 6.07) is 20.3. The number of esters is 1. The fraction of sp³-hybridized carbons (Fsp3) is 0.185. The van der Waals surface area contributed by atoms with E-state index in [2.05, 4.69) is 6.07 Å². The maximum Gasteiger partial charge on any atom is 0.349 e. The third kappa shape index (κ3) is 4.52. The molecule has 0 radical (unpaired) electrons. The number of carbonyl (C=O) groups is 1. The van der Waals surface area contributed by atoms with Crippen LogP contribution in [0, 0.1) is 25.2 Å². The minimum Gasteiger partial charge on any atom is -0.497 e. The number of nitriles is 1. The smallest absolute Gasteiger partial charge is 0.349 e. The maximum absolute atomic E-state index is 12.4. The lowest BCUT2D eigenvalue weighted by molar-refractivity contribution is -0.136. The molecule has 0 saturated heterocycles. The van der Waals surface area contributed by atoms with Gasteiger partial charge in [-0.2, -0.15) is 5.26 Å². The van der Waals surface area contributed by atoms with Crippen molar-refractivity contribution in [3.63, 3.8) is 0 Å². The Morgan fingerprint density at radius 1 is 1.06 bits per heavy atom. The van der Waals surface area contributed by atoms with Crippen LogP contribution < -0.4 is 24.7 Å². The highest BCUT2D eigenvalue weighted by Crippen LogP contribution is 2.43. The number of hydrogen-bond acceptors (Lipinski definition) is 7. The third-order valence-electron chi connectivity index (χ3n) is 5.61. The van der Waals surface area contributed by atoms with Crippen molar-refractivity contribution in [3.05, 3.63) is 94.4 Å². The fourth-order valence-electron chi connectivity index (χ4n) is 3.96. The molecule has 1 aliphatic rings. The zero-order valence-electron chi connectivity index (χ0n) is 19.1. The lowest BCUT2D eigenvalue weighted by Crippen LogP contribution is -2.22. The van der Waals surface area contributed by atoms with Gasteiger partial charge in [-0.1, -0.05) is 36.4 Å². The number of allylic oxidation sites excluding steroid dienone is 1. The Balaban J connectivity index is 1.55. The van der Waals surface area contributed by atoms with Crippen molar-refractivity contribution >= 4 is 5.97 Å². The fourth-order valence-corrected chi connectivity index (χ4v) is 3.96. The van der Waals surface area contributed by atoms with Gasteiger partial charge >= 0.3 is 5.97 Å². The molecule has 0 aromatic heterocycles. The minimum absolute atomic E-state index is 0.0117. The first-order valence-electron chi connectivity index (χ1n) is 10.7. The average molecular weight is 456 g/mol. The van der Waals surface area contributed by atoms with Crippen LogP contribution >= 0.6 is 0 Å². The molecule has 7 heteroatoms. The summed E-state index contributed by atoms with van der Waals surface area (Å²) >= 11 is 0. The van der Waals surface area contributed by atoms with Crippen molar-refractivity contribution in [3.8, 4) is 29.1 Å². The number of nitrogens with two attached hydrogens (primary N) is 1. The second kappa shape index (κ2) is 9.59. The number of rotatable bonds is 6. The first-order chi connectivity index (χ1) is 16.4. The summed E-state index contributed by atoms with van der Waals surface area (Å²) in [4.78, 5) is 12.4. The van der Waals surface area contributed by atoms with E-state index in [0.29, 0.717) is 22.8 Å². The molecule has 172 valence electrons. The molecule has 1 heterocycles. The molecule has 0 spiro atoms. The molecular weight excluding hydrogens is 432 g/mol. The molecule has 3 aromatic rings. The van der Waals surface area contributed by atoms with Crippen LogP contribution in [-0.2, 0) is 4.79 Å². The maximum atomic E-state index is 12.4. The Labute approximate surface area is 197 Å². The Morgan fingerprint density at radius 2 is 1.74 bits per heavy atom. The molecule has 0 fully saturated rings. The summed E-state index contributed by atoms with van der Waals surface area (Å²) in [6.07, 6.45) is 0. The Kier molecular flexibility index (Phi) is 6.42. The van der Waals surface area contributed by atoms with Crippen molar-refractivity contribution in [2.75, 3.05) is 13.7 Å². The normalized spacial score (nSPS) is 14.5. The van der Waals surface area contributed by atoms with Crippen LogP contribution in [-0.4, -0.2) is 19.7 Å². The van der Waals surface area contributed by atoms with E-state index >= 15 is 0 Å². The quantitative estimate of drug-likeness (QED) is 0.430. The van der Waals surface area contributed by atoms with Crippen LogP contribution in [0.1, 0.15) is 28.2 Å². The second-order valence-electron chi connectivity index (χ2n) is 7.88. The monoisotopic (exact) mass is 456 g/mol. The van der Waals surface area contributed by atoms with Gasteiger partial charge in [0.2, 0.25) is 5.88 Å². The van der Waals surface area contributed by atoms with E-state index in [-0.39, 0.29) is 18.2 Å². The van der Waals surface area contributed by atoms with Crippen LogP contribution in [0.5, 0.6) is 23.0 Å². The first kappa shape index (κ1) is 22.7. The van der Waals surface area contributed by atoms with Crippen molar-refractivity contribution < 1.29 is 23.7 Å². The molecule has 3 aromatic carbocycles. The van der Waals surface area contributed by atoms with Gasteiger partial charge in [-0.15, -0.1) is 0 Å². The standard InChI is InChI=1S/C27H24N2O5/c1-16-5-4-6-17(2)26(16)32-15-24(30)33-20-11-12-21-23(13-20)34-27(29)22(14-28)25(21)18-7-9-19(31-3)10-8-18/h4-13,25H,15,29H2,1-3H3. The number of nitrogens with zero attached hydrogens (tertiary/aromatic N) is 1. The number of para-hydroxylation sites is 1. The van der Waals surface area contributed by atoms with Crippen LogP contribution in [0.3, 0.4) is 0 Å². The number of fused-ring (bicyclic) bond motifs is 1. The van der Waals surface area contributed by atoms with Crippen molar-refractivity contribution in [1.82, 2.24) is 0 Å². The largest absolute Gasteiger partial charge is 0.497 e. The molecule has 1 aliphatic heterocycles.